The number of H-pyrrole nitrogens is 1. The van der Waals surface area contributed by atoms with Gasteiger partial charge in [0.2, 0.25) is 5.88 Å². The summed E-state index contributed by atoms with van der Waals surface area (Å²) in [7, 11) is -2.90. The van der Waals surface area contributed by atoms with Crippen LogP contribution in [0, 0.1) is 11.6 Å². The van der Waals surface area contributed by atoms with Crippen molar-refractivity contribution < 1.29 is 46.9 Å². The van der Waals surface area contributed by atoms with Crippen LogP contribution in [0.1, 0.15) is 28.8 Å². The highest BCUT2D eigenvalue weighted by molar-refractivity contribution is 7.93. The number of halogens is 3. The third-order valence-corrected chi connectivity index (χ3v) is 9.66. The van der Waals surface area contributed by atoms with Crippen LogP contribution in [0.15, 0.2) is 22.6 Å². The van der Waals surface area contributed by atoms with E-state index in [0.29, 0.717) is 5.52 Å². The first kappa shape index (κ1) is 28.2. The SMILES string of the molecule is O=C(N=S1(=O)CCC(O)CC1)c1cc(F)c(COc2nc3nc(O[C@@H]4CO[C@H]5[C@@H]4OC[C@H]5O)[nH]c3cc2Cl)c(F)c1. The Bertz CT molecular complexity index is 1590. The largest absolute Gasteiger partial charge is 0.471 e. The molecule has 12 nitrogen and oxygen atoms in total. The van der Waals surface area contributed by atoms with Crippen molar-refractivity contribution in [3.63, 3.8) is 0 Å². The molecular formula is C25H25ClF2N4O8S. The number of nitrogens with zero attached hydrogens (tertiary/aromatic N) is 3. The first-order chi connectivity index (χ1) is 19.6. The first-order valence-electron chi connectivity index (χ1n) is 12.8. The number of fused-ring (bicyclic) bond motifs is 2. The Morgan fingerprint density at radius 1 is 1.12 bits per heavy atom. The number of aliphatic hydroxyl groups excluding tert-OH is 2. The van der Waals surface area contributed by atoms with Crippen molar-refractivity contribution in [1.29, 1.82) is 0 Å². The van der Waals surface area contributed by atoms with Crippen LogP contribution in [0.3, 0.4) is 0 Å². The van der Waals surface area contributed by atoms with Crippen molar-refractivity contribution in [2.24, 2.45) is 4.36 Å². The molecule has 3 saturated heterocycles. The zero-order chi connectivity index (χ0) is 28.9. The van der Waals surface area contributed by atoms with Gasteiger partial charge < -0.3 is 34.1 Å². The number of aromatic nitrogens is 3. The molecule has 16 heteroatoms. The van der Waals surface area contributed by atoms with Gasteiger partial charge in [-0.2, -0.15) is 14.3 Å². The number of benzene rings is 1. The van der Waals surface area contributed by atoms with Gasteiger partial charge in [0.05, 0.1) is 40.1 Å². The lowest BCUT2D eigenvalue weighted by Gasteiger charge is -2.19. The Labute approximate surface area is 237 Å². The molecule has 0 aliphatic carbocycles. The van der Waals surface area contributed by atoms with Gasteiger partial charge >= 0.3 is 0 Å². The van der Waals surface area contributed by atoms with Crippen molar-refractivity contribution in [3.8, 4) is 11.9 Å². The Balaban J connectivity index is 1.15. The van der Waals surface area contributed by atoms with Crippen molar-refractivity contribution >= 4 is 38.4 Å². The molecule has 3 fully saturated rings. The predicted molar refractivity (Wildman–Crippen MR) is 139 cm³/mol. The number of rotatable bonds is 6. The second-order valence-electron chi connectivity index (χ2n) is 10.0. The minimum atomic E-state index is -2.90. The van der Waals surface area contributed by atoms with Gasteiger partial charge in [-0.1, -0.05) is 11.6 Å². The number of hydrogen-bond acceptors (Lipinski definition) is 10. The Hall–Kier alpha value is -2.95. The molecule has 3 aliphatic rings. The summed E-state index contributed by atoms with van der Waals surface area (Å²) in [4.78, 5) is 23.9. The fourth-order valence-corrected chi connectivity index (χ4v) is 7.19. The van der Waals surface area contributed by atoms with Crippen LogP contribution in [-0.2, 0) is 25.8 Å². The smallest absolute Gasteiger partial charge is 0.296 e. The number of ether oxygens (including phenoxy) is 4. The van der Waals surface area contributed by atoms with Crippen LogP contribution in [0.4, 0.5) is 8.78 Å². The van der Waals surface area contributed by atoms with Gasteiger partial charge in [-0.15, -0.1) is 0 Å². The van der Waals surface area contributed by atoms with Crippen LogP contribution in [0.25, 0.3) is 11.2 Å². The zero-order valence-electron chi connectivity index (χ0n) is 21.3. The van der Waals surface area contributed by atoms with Crippen LogP contribution in [0.5, 0.6) is 11.9 Å². The fourth-order valence-electron chi connectivity index (χ4n) is 4.91. The van der Waals surface area contributed by atoms with Gasteiger partial charge in [-0.05, 0) is 31.0 Å². The molecule has 0 spiro atoms. The van der Waals surface area contributed by atoms with Gasteiger partial charge in [0, 0.05) is 17.1 Å². The highest BCUT2D eigenvalue weighted by Gasteiger charge is 2.48. The maximum atomic E-state index is 14.8. The number of nitrogens with one attached hydrogen (secondary N) is 1. The number of aromatic amines is 1. The van der Waals surface area contributed by atoms with E-state index in [1.54, 1.807) is 0 Å². The average molecular weight is 615 g/mol. The molecule has 0 radical (unpaired) electrons. The molecule has 6 rings (SSSR count). The molecule has 41 heavy (non-hydrogen) atoms. The van der Waals surface area contributed by atoms with Crippen LogP contribution < -0.4 is 9.47 Å². The van der Waals surface area contributed by atoms with Gasteiger partial charge in [0.15, 0.2) is 11.8 Å². The molecule has 3 aromatic rings. The number of hydrogen-bond donors (Lipinski definition) is 3. The van der Waals surface area contributed by atoms with E-state index in [2.05, 4.69) is 19.3 Å². The second-order valence-corrected chi connectivity index (χ2v) is 13.0. The first-order valence-corrected chi connectivity index (χ1v) is 15.0. The Kier molecular flexibility index (Phi) is 7.59. The minimum Gasteiger partial charge on any atom is -0.471 e. The standard InChI is InChI=1S/C25H25ClF2N4O8S/c26-14-7-17-22(31-25(29-17)40-19-10-38-20-18(34)9-37-21(19)20)30-24(14)39-8-13-15(27)5-11(6-16(13)28)23(35)32-41(36)3-1-12(33)2-4-41/h5-7,12,18-21,33-34H,1-4,8-10H2,(H,29,30,31)/t12?,18-,19-,20-,21-,41?/m1/s1. The van der Waals surface area contributed by atoms with E-state index in [0.717, 1.165) is 12.1 Å². The molecule has 1 amide bonds. The maximum Gasteiger partial charge on any atom is 0.296 e. The quantitative estimate of drug-likeness (QED) is 0.374. The monoisotopic (exact) mass is 614 g/mol. The molecule has 5 heterocycles. The van der Waals surface area contributed by atoms with Crippen LogP contribution >= 0.6 is 11.6 Å². The van der Waals surface area contributed by atoms with E-state index in [1.807, 2.05) is 0 Å². The summed E-state index contributed by atoms with van der Waals surface area (Å²) in [5, 5.41) is 19.5. The molecule has 1 aromatic carbocycles. The normalized spacial score (nSPS) is 29.4. The molecule has 3 N–H and O–H groups in total. The van der Waals surface area contributed by atoms with E-state index in [1.165, 1.54) is 6.07 Å². The predicted octanol–water partition coefficient (Wildman–Crippen LogP) is 2.14. The highest BCUT2D eigenvalue weighted by Crippen LogP contribution is 2.32. The average Bonchev–Trinajstić information content (AvgIpc) is 3.62. The number of pyridine rings is 1. The third-order valence-electron chi connectivity index (χ3n) is 7.15. The zero-order valence-corrected chi connectivity index (χ0v) is 22.9. The molecule has 0 unspecified atom stereocenters. The van der Waals surface area contributed by atoms with E-state index < -0.39 is 75.5 Å². The Morgan fingerprint density at radius 3 is 2.56 bits per heavy atom. The number of carbonyl (C=O) groups excluding carboxylic acids is 1. The molecule has 3 aliphatic heterocycles. The topological polar surface area (TPSA) is 165 Å². The molecule has 0 bridgehead atoms. The van der Waals surface area contributed by atoms with Crippen LogP contribution in [-0.4, -0.2) is 90.5 Å². The van der Waals surface area contributed by atoms with Gasteiger partial charge in [0.1, 0.15) is 41.6 Å². The minimum absolute atomic E-state index is 0.0342. The molecule has 4 atom stereocenters. The molecular weight excluding hydrogens is 590 g/mol. The summed E-state index contributed by atoms with van der Waals surface area (Å²) < 4.78 is 68.5. The summed E-state index contributed by atoms with van der Waals surface area (Å²) in [6, 6.07) is 3.17. The molecule has 220 valence electrons. The lowest BCUT2D eigenvalue weighted by atomic mass is 10.1. The molecule has 2 aromatic heterocycles. The van der Waals surface area contributed by atoms with Gasteiger partial charge in [-0.25, -0.2) is 13.0 Å². The lowest BCUT2D eigenvalue weighted by molar-refractivity contribution is 0.00706. The van der Waals surface area contributed by atoms with Crippen molar-refractivity contribution in [3.05, 3.63) is 46.0 Å². The highest BCUT2D eigenvalue weighted by atomic mass is 35.5. The number of carbonyl (C=O) groups is 1. The number of amides is 1. The van der Waals surface area contributed by atoms with Crippen molar-refractivity contribution in [2.75, 3.05) is 24.7 Å². The Morgan fingerprint density at radius 2 is 1.83 bits per heavy atom. The van der Waals surface area contributed by atoms with Crippen molar-refractivity contribution in [2.45, 2.75) is 50.0 Å². The summed E-state index contributed by atoms with van der Waals surface area (Å²) in [6.07, 6.45) is -2.29. The lowest BCUT2D eigenvalue weighted by Crippen LogP contribution is -2.34. The fraction of sp³-hybridized carbons (Fsp3) is 0.480. The van der Waals surface area contributed by atoms with Crippen molar-refractivity contribution in [1.82, 2.24) is 15.0 Å². The summed E-state index contributed by atoms with van der Waals surface area (Å²) in [5.74, 6) is -3.21. The maximum absolute atomic E-state index is 14.8. The summed E-state index contributed by atoms with van der Waals surface area (Å²) in [5.41, 5.74) is -0.300. The summed E-state index contributed by atoms with van der Waals surface area (Å²) >= 11 is 6.27. The second kappa shape index (κ2) is 11.0. The van der Waals surface area contributed by atoms with Crippen LogP contribution in [0.2, 0.25) is 5.02 Å². The van der Waals surface area contributed by atoms with E-state index >= 15 is 0 Å². The van der Waals surface area contributed by atoms with Gasteiger partial charge in [-0.3, -0.25) is 4.79 Å². The number of imidazole rings is 1. The molecule has 0 saturated carbocycles. The van der Waals surface area contributed by atoms with E-state index in [-0.39, 0.29) is 60.1 Å². The van der Waals surface area contributed by atoms with Gasteiger partial charge in [0.25, 0.3) is 11.9 Å². The van der Waals surface area contributed by atoms with E-state index in [9.17, 15) is 28.0 Å². The van der Waals surface area contributed by atoms with E-state index in [4.69, 9.17) is 30.5 Å². The third kappa shape index (κ3) is 5.74. The number of aliphatic hydroxyl groups is 2. The summed E-state index contributed by atoms with van der Waals surface area (Å²) in [6.45, 7) is -0.257.